The first kappa shape index (κ1) is 37.1. The fraction of sp³-hybridized carbons (Fsp3) is 0.512. The Kier molecular flexibility index (Phi) is 9.22. The quantitative estimate of drug-likeness (QED) is 0.260. The number of carbonyl (C=O) groups excluding carboxylic acids is 2. The minimum atomic E-state index is -0.588. The fourth-order valence-electron chi connectivity index (χ4n) is 8.42. The minimum absolute atomic E-state index is 0.0389. The lowest BCUT2D eigenvalue weighted by molar-refractivity contribution is 0.0149. The Labute approximate surface area is 333 Å². The van der Waals surface area contributed by atoms with Gasteiger partial charge in [0.1, 0.15) is 56.6 Å². The predicted molar refractivity (Wildman–Crippen MR) is 214 cm³/mol. The van der Waals surface area contributed by atoms with Gasteiger partial charge in [-0.15, -0.1) is 0 Å². The van der Waals surface area contributed by atoms with E-state index < -0.39 is 11.2 Å². The second kappa shape index (κ2) is 13.4. The smallest absolute Gasteiger partial charge is 0.411 e. The number of nitrogens with one attached hydrogen (secondary N) is 1. The molecule has 0 radical (unpaired) electrons. The lowest BCUT2D eigenvalue weighted by Crippen LogP contribution is -2.46. The van der Waals surface area contributed by atoms with Crippen molar-refractivity contribution >= 4 is 55.3 Å². The number of ether oxygens (including phenoxy) is 4. The second-order valence-corrected chi connectivity index (χ2v) is 18.6. The third-order valence-electron chi connectivity index (χ3n) is 10.8. The molecule has 2 fully saturated rings. The number of allylic oxidation sites excluding steroid dienone is 1. The summed E-state index contributed by atoms with van der Waals surface area (Å²) in [5.74, 6) is 2.33. The van der Waals surface area contributed by atoms with Gasteiger partial charge in [-0.1, -0.05) is 0 Å². The van der Waals surface area contributed by atoms with E-state index in [-0.39, 0.29) is 36.4 Å². The minimum Gasteiger partial charge on any atom is -0.488 e. The molecule has 1 aromatic heterocycles. The topological polar surface area (TPSA) is 119 Å². The third kappa shape index (κ3) is 6.73. The average Bonchev–Trinajstić information content (AvgIpc) is 3.86. The summed E-state index contributed by atoms with van der Waals surface area (Å²) in [6.45, 7) is 16.2. The number of H-pyrrole nitrogens is 1. The zero-order chi connectivity index (χ0) is 38.4. The Balaban J connectivity index is 1.05. The number of aliphatic imine (C=N–C) groups is 1. The van der Waals surface area contributed by atoms with Crippen molar-refractivity contribution in [2.75, 3.05) is 0 Å². The number of nitrogens with zero attached hydrogens (tertiary/aromatic N) is 4. The van der Waals surface area contributed by atoms with Gasteiger partial charge >= 0.3 is 12.2 Å². The lowest BCUT2D eigenvalue weighted by atomic mass is 9.86. The molecule has 3 aromatic rings. The van der Waals surface area contributed by atoms with Crippen LogP contribution in [0.15, 0.2) is 38.5 Å². The molecule has 54 heavy (non-hydrogen) atoms. The molecular formula is C41H47Br2N5O6. The molecule has 5 aliphatic heterocycles. The molecule has 8 rings (SSSR count). The number of carbonyl (C=O) groups is 2. The van der Waals surface area contributed by atoms with E-state index >= 15 is 0 Å². The molecule has 0 unspecified atom stereocenters. The van der Waals surface area contributed by atoms with Gasteiger partial charge in [0.2, 0.25) is 0 Å². The van der Waals surface area contributed by atoms with Crippen LogP contribution in [0.1, 0.15) is 116 Å². The highest BCUT2D eigenvalue weighted by Gasteiger charge is 2.42. The van der Waals surface area contributed by atoms with Crippen LogP contribution in [-0.2, 0) is 22.7 Å². The van der Waals surface area contributed by atoms with Crippen molar-refractivity contribution in [1.29, 1.82) is 0 Å². The van der Waals surface area contributed by atoms with Gasteiger partial charge in [-0.3, -0.25) is 9.80 Å². The number of imidazole rings is 1. The van der Waals surface area contributed by atoms with Gasteiger partial charge in [-0.25, -0.2) is 19.6 Å². The van der Waals surface area contributed by atoms with Crippen LogP contribution >= 0.6 is 31.9 Å². The van der Waals surface area contributed by atoms with Crippen molar-refractivity contribution in [3.8, 4) is 33.9 Å². The standard InChI is InChI=1S/C41H47Br2N5O6/c1-20-9-11-28(47(20)38(49)53-40(3,4)5)27-17-26(35(42)44-27)22-13-24-18-52-31-16-23(14-25-19-51-30(15-22)32(24)33(25)31)34-36(43)46-37(45-34)29-12-10-21(2)48(29)39(50)54-41(6,7)8/h13-16,20-21,28-29H,9-12,17-19H2,1-8H3,(H,45,46)/t20-,21-,28-,29-/m0/s1. The second-order valence-electron chi connectivity index (χ2n) is 17.1. The van der Waals surface area contributed by atoms with Crippen LogP contribution in [0, 0.1) is 0 Å². The first-order valence-corrected chi connectivity index (χ1v) is 20.4. The summed E-state index contributed by atoms with van der Waals surface area (Å²) in [6, 6.07) is 8.24. The maximum absolute atomic E-state index is 13.2. The molecule has 0 bridgehead atoms. The number of rotatable bonds is 4. The van der Waals surface area contributed by atoms with Crippen LogP contribution in [0.4, 0.5) is 9.59 Å². The first-order valence-electron chi connectivity index (χ1n) is 18.8. The highest BCUT2D eigenvalue weighted by molar-refractivity contribution is 9.11. The summed E-state index contributed by atoms with van der Waals surface area (Å²) in [4.78, 5) is 43.6. The van der Waals surface area contributed by atoms with Crippen LogP contribution in [0.3, 0.4) is 0 Å². The summed E-state index contributed by atoms with van der Waals surface area (Å²) < 4.78 is 26.0. The zero-order valence-corrected chi connectivity index (χ0v) is 35.2. The Morgan fingerprint density at radius 2 is 1.30 bits per heavy atom. The van der Waals surface area contributed by atoms with Crippen LogP contribution in [-0.4, -0.2) is 67.0 Å². The Morgan fingerprint density at radius 1 is 0.778 bits per heavy atom. The Bertz CT molecular complexity index is 2080. The van der Waals surface area contributed by atoms with E-state index in [0.29, 0.717) is 19.6 Å². The summed E-state index contributed by atoms with van der Waals surface area (Å²) in [7, 11) is 0. The van der Waals surface area contributed by atoms with Crippen molar-refractivity contribution in [2.45, 2.75) is 136 Å². The van der Waals surface area contributed by atoms with E-state index in [9.17, 15) is 9.59 Å². The predicted octanol–water partition coefficient (Wildman–Crippen LogP) is 10.4. The molecule has 6 heterocycles. The zero-order valence-electron chi connectivity index (χ0n) is 32.1. The van der Waals surface area contributed by atoms with Gasteiger partial charge in [0.25, 0.3) is 0 Å². The molecule has 0 aliphatic carbocycles. The van der Waals surface area contributed by atoms with Crippen LogP contribution in [0.25, 0.3) is 28.0 Å². The van der Waals surface area contributed by atoms with E-state index in [4.69, 9.17) is 28.9 Å². The number of amides is 2. The lowest BCUT2D eigenvalue weighted by Gasteiger charge is -2.31. The van der Waals surface area contributed by atoms with Crippen LogP contribution in [0.2, 0.25) is 0 Å². The largest absolute Gasteiger partial charge is 0.488 e. The van der Waals surface area contributed by atoms with Crippen molar-refractivity contribution in [3.63, 3.8) is 0 Å². The summed E-state index contributed by atoms with van der Waals surface area (Å²) in [6.07, 6.45) is 3.41. The molecule has 2 aromatic carbocycles. The van der Waals surface area contributed by atoms with Gasteiger partial charge in [0, 0.05) is 52.0 Å². The Hall–Kier alpha value is -3.84. The molecule has 2 saturated heterocycles. The molecule has 2 amide bonds. The highest BCUT2D eigenvalue weighted by Crippen LogP contribution is 2.52. The molecule has 11 nitrogen and oxygen atoms in total. The maximum Gasteiger partial charge on any atom is 0.411 e. The van der Waals surface area contributed by atoms with Crippen LogP contribution in [0.5, 0.6) is 11.5 Å². The van der Waals surface area contributed by atoms with Crippen molar-refractivity contribution in [2.24, 2.45) is 4.99 Å². The number of hydrogen-bond acceptors (Lipinski definition) is 8. The molecule has 4 atom stereocenters. The van der Waals surface area contributed by atoms with Gasteiger partial charge < -0.3 is 23.9 Å². The van der Waals surface area contributed by atoms with E-state index in [2.05, 4.69) is 68.9 Å². The monoisotopic (exact) mass is 863 g/mol. The van der Waals surface area contributed by atoms with E-state index in [1.807, 2.05) is 57.4 Å². The molecule has 286 valence electrons. The number of aromatic amines is 1. The Morgan fingerprint density at radius 3 is 1.87 bits per heavy atom. The fourth-order valence-corrected chi connectivity index (χ4v) is 9.54. The van der Waals surface area contributed by atoms with Gasteiger partial charge in [0.05, 0.1) is 12.1 Å². The normalized spacial score (nSPS) is 23.3. The molecule has 5 aliphatic rings. The maximum atomic E-state index is 13.2. The number of halogens is 2. The van der Waals surface area contributed by atoms with Crippen molar-refractivity contribution < 1.29 is 28.5 Å². The number of aromatic nitrogens is 2. The highest BCUT2D eigenvalue weighted by atomic mass is 79.9. The summed E-state index contributed by atoms with van der Waals surface area (Å²) in [5, 5.41) is 0. The number of benzene rings is 2. The summed E-state index contributed by atoms with van der Waals surface area (Å²) >= 11 is 7.49. The van der Waals surface area contributed by atoms with Gasteiger partial charge in [-0.05, 0) is 148 Å². The van der Waals surface area contributed by atoms with Crippen molar-refractivity contribution in [3.05, 3.63) is 56.0 Å². The first-order chi connectivity index (χ1) is 25.5. The van der Waals surface area contributed by atoms with Crippen LogP contribution < -0.4 is 9.47 Å². The van der Waals surface area contributed by atoms with Gasteiger partial charge in [-0.2, -0.15) is 0 Å². The molecule has 13 heteroatoms. The molecule has 0 saturated carbocycles. The average molecular weight is 866 g/mol. The SMILES string of the molecule is C[C@H]1CC[C@@H](C2=NC(Br)=C(c3cc4c5c(c3)OCc3cc(-c6nc([C@@H]7CC[C@H](C)N7C(=O)OC(C)(C)C)[nH]c6Br)cc(c3-5)OC4)C2)N1C(=O)OC(C)(C)C. The van der Waals surface area contributed by atoms with Gasteiger partial charge in [0.15, 0.2) is 0 Å². The third-order valence-corrected chi connectivity index (χ3v) is 12.0. The molecule has 1 N–H and O–H groups in total. The summed E-state index contributed by atoms with van der Waals surface area (Å²) in [5.41, 5.74) is 7.70. The molecule has 0 spiro atoms. The van der Waals surface area contributed by atoms with E-state index in [1.165, 1.54) is 0 Å². The van der Waals surface area contributed by atoms with E-state index in [0.717, 1.165) is 103 Å². The van der Waals surface area contributed by atoms with Crippen molar-refractivity contribution in [1.82, 2.24) is 19.8 Å². The molecular weight excluding hydrogens is 818 g/mol. The number of likely N-dealkylation sites (tertiary alicyclic amines) is 2. The number of hydrogen-bond donors (Lipinski definition) is 1. The van der Waals surface area contributed by atoms with E-state index in [1.54, 1.807) is 0 Å².